The number of rotatable bonds is 5. The van der Waals surface area contributed by atoms with Crippen LogP contribution >= 0.6 is 0 Å². The van der Waals surface area contributed by atoms with Gasteiger partial charge in [-0.05, 0) is 62.3 Å². The number of aryl methyl sites for hydroxylation is 1. The molecule has 0 spiro atoms. The molecule has 0 aliphatic heterocycles. The van der Waals surface area contributed by atoms with E-state index in [0.29, 0.717) is 0 Å². The molecule has 1 N–H and O–H groups in total. The second-order valence-corrected chi connectivity index (χ2v) is 5.93. The number of hydrogen-bond donors (Lipinski definition) is 1. The fraction of sp³-hybridized carbons (Fsp3) is 0.647. The van der Waals surface area contributed by atoms with E-state index in [4.69, 9.17) is 4.74 Å². The van der Waals surface area contributed by atoms with Gasteiger partial charge in [0.05, 0.1) is 6.61 Å². The van der Waals surface area contributed by atoms with Crippen molar-refractivity contribution in [2.24, 2.45) is 11.8 Å². The fourth-order valence-electron chi connectivity index (χ4n) is 3.09. The van der Waals surface area contributed by atoms with Crippen LogP contribution < -0.4 is 10.1 Å². The Balaban J connectivity index is 1.88. The first-order valence-corrected chi connectivity index (χ1v) is 7.66. The number of ether oxygens (including phenoxy) is 1. The van der Waals surface area contributed by atoms with Crippen molar-refractivity contribution in [3.8, 4) is 5.75 Å². The van der Waals surface area contributed by atoms with Gasteiger partial charge in [0.2, 0.25) is 0 Å². The minimum atomic E-state index is 0.728. The molecule has 1 aliphatic carbocycles. The van der Waals surface area contributed by atoms with E-state index in [9.17, 15) is 0 Å². The Morgan fingerprint density at radius 1 is 1.32 bits per heavy atom. The summed E-state index contributed by atoms with van der Waals surface area (Å²) < 4.78 is 5.52. The molecule has 0 heterocycles. The monoisotopic (exact) mass is 261 g/mol. The van der Waals surface area contributed by atoms with Crippen LogP contribution in [0.25, 0.3) is 0 Å². The highest BCUT2D eigenvalue weighted by Gasteiger charge is 2.18. The lowest BCUT2D eigenvalue weighted by Gasteiger charge is -2.27. The van der Waals surface area contributed by atoms with Gasteiger partial charge in [-0.3, -0.25) is 0 Å². The molecule has 2 unspecified atom stereocenters. The van der Waals surface area contributed by atoms with E-state index in [1.165, 1.54) is 36.9 Å². The predicted molar refractivity (Wildman–Crippen MR) is 82.0 cm³/mol. The Morgan fingerprint density at radius 2 is 2.16 bits per heavy atom. The average molecular weight is 261 g/mol. The second kappa shape index (κ2) is 6.83. The van der Waals surface area contributed by atoms with E-state index in [2.05, 4.69) is 37.4 Å². The fourth-order valence-corrected chi connectivity index (χ4v) is 3.09. The van der Waals surface area contributed by atoms with Crippen LogP contribution in [-0.2, 0) is 0 Å². The summed E-state index contributed by atoms with van der Waals surface area (Å²) in [6.45, 7) is 8.39. The Bertz CT molecular complexity index is 402. The van der Waals surface area contributed by atoms with Gasteiger partial charge in [0.1, 0.15) is 5.75 Å². The maximum absolute atomic E-state index is 5.52. The summed E-state index contributed by atoms with van der Waals surface area (Å²) in [4.78, 5) is 0. The van der Waals surface area contributed by atoms with E-state index in [0.717, 1.165) is 30.7 Å². The summed E-state index contributed by atoms with van der Waals surface area (Å²) >= 11 is 0. The van der Waals surface area contributed by atoms with Gasteiger partial charge in [-0.25, -0.2) is 0 Å². The summed E-state index contributed by atoms with van der Waals surface area (Å²) in [6, 6.07) is 6.32. The third kappa shape index (κ3) is 4.15. The van der Waals surface area contributed by atoms with Crippen LogP contribution in [-0.4, -0.2) is 13.2 Å². The van der Waals surface area contributed by atoms with Crippen LogP contribution in [0.4, 0.5) is 5.69 Å². The molecule has 1 aromatic rings. The van der Waals surface area contributed by atoms with Gasteiger partial charge >= 0.3 is 0 Å². The van der Waals surface area contributed by atoms with E-state index in [1.54, 1.807) is 0 Å². The SMILES string of the molecule is CCOc1ccc(NCC2CCCC(C)C2)c(C)c1. The third-order valence-corrected chi connectivity index (χ3v) is 4.14. The standard InChI is InChI=1S/C17H27NO/c1-4-19-16-8-9-17(14(3)11-16)18-12-15-7-5-6-13(2)10-15/h8-9,11,13,15,18H,4-7,10,12H2,1-3H3. The van der Waals surface area contributed by atoms with Crippen molar-refractivity contribution in [1.29, 1.82) is 0 Å². The topological polar surface area (TPSA) is 21.3 Å². The maximum Gasteiger partial charge on any atom is 0.119 e. The summed E-state index contributed by atoms with van der Waals surface area (Å²) in [5, 5.41) is 3.62. The Morgan fingerprint density at radius 3 is 2.84 bits per heavy atom. The highest BCUT2D eigenvalue weighted by molar-refractivity contribution is 5.53. The molecular formula is C17H27NO. The molecule has 2 nitrogen and oxygen atoms in total. The van der Waals surface area contributed by atoms with Gasteiger partial charge < -0.3 is 10.1 Å². The highest BCUT2D eigenvalue weighted by Crippen LogP contribution is 2.29. The minimum Gasteiger partial charge on any atom is -0.494 e. The first-order valence-electron chi connectivity index (χ1n) is 7.66. The molecule has 1 aromatic carbocycles. The smallest absolute Gasteiger partial charge is 0.119 e. The van der Waals surface area contributed by atoms with Gasteiger partial charge in [0.15, 0.2) is 0 Å². The average Bonchev–Trinajstić information content (AvgIpc) is 2.38. The molecule has 0 aromatic heterocycles. The molecule has 2 atom stereocenters. The molecule has 2 heteroatoms. The maximum atomic E-state index is 5.52. The molecule has 0 amide bonds. The van der Waals surface area contributed by atoms with Crippen molar-refractivity contribution in [2.75, 3.05) is 18.5 Å². The zero-order chi connectivity index (χ0) is 13.7. The lowest BCUT2D eigenvalue weighted by Crippen LogP contribution is -2.21. The van der Waals surface area contributed by atoms with E-state index >= 15 is 0 Å². The second-order valence-electron chi connectivity index (χ2n) is 5.93. The van der Waals surface area contributed by atoms with Crippen molar-refractivity contribution < 1.29 is 4.74 Å². The van der Waals surface area contributed by atoms with E-state index in [1.807, 2.05) is 6.92 Å². The van der Waals surface area contributed by atoms with E-state index < -0.39 is 0 Å². The Labute approximate surface area is 117 Å². The van der Waals surface area contributed by atoms with Crippen molar-refractivity contribution in [3.63, 3.8) is 0 Å². The van der Waals surface area contributed by atoms with Crippen LogP contribution in [0.3, 0.4) is 0 Å². The molecule has 0 bridgehead atoms. The van der Waals surface area contributed by atoms with Crippen molar-refractivity contribution in [1.82, 2.24) is 0 Å². The van der Waals surface area contributed by atoms with Crippen LogP contribution in [0.15, 0.2) is 18.2 Å². The molecular weight excluding hydrogens is 234 g/mol. The van der Waals surface area contributed by atoms with Crippen molar-refractivity contribution in [3.05, 3.63) is 23.8 Å². The summed E-state index contributed by atoms with van der Waals surface area (Å²) in [5.41, 5.74) is 2.52. The first-order chi connectivity index (χ1) is 9.19. The molecule has 1 aliphatic rings. The molecule has 1 fully saturated rings. The number of anilines is 1. The predicted octanol–water partition coefficient (Wildman–Crippen LogP) is 4.63. The summed E-state index contributed by atoms with van der Waals surface area (Å²) in [5.74, 6) is 2.72. The van der Waals surface area contributed by atoms with E-state index in [-0.39, 0.29) is 0 Å². The number of nitrogens with one attached hydrogen (secondary N) is 1. The quantitative estimate of drug-likeness (QED) is 0.834. The van der Waals surface area contributed by atoms with Gasteiger partial charge in [-0.15, -0.1) is 0 Å². The Kier molecular flexibility index (Phi) is 5.12. The number of hydrogen-bond acceptors (Lipinski definition) is 2. The van der Waals surface area contributed by atoms with Crippen LogP contribution in [0, 0.1) is 18.8 Å². The number of benzene rings is 1. The molecule has 2 rings (SSSR count). The molecule has 0 radical (unpaired) electrons. The lowest BCUT2D eigenvalue weighted by atomic mass is 9.82. The van der Waals surface area contributed by atoms with Crippen molar-refractivity contribution >= 4 is 5.69 Å². The zero-order valence-corrected chi connectivity index (χ0v) is 12.5. The van der Waals surface area contributed by atoms with Gasteiger partial charge in [-0.2, -0.15) is 0 Å². The van der Waals surface area contributed by atoms with Crippen LogP contribution in [0.5, 0.6) is 5.75 Å². The molecule has 1 saturated carbocycles. The summed E-state index contributed by atoms with van der Waals surface area (Å²) in [7, 11) is 0. The van der Waals surface area contributed by atoms with Gasteiger partial charge in [0.25, 0.3) is 0 Å². The van der Waals surface area contributed by atoms with Crippen LogP contribution in [0.2, 0.25) is 0 Å². The Hall–Kier alpha value is -1.18. The van der Waals surface area contributed by atoms with Crippen molar-refractivity contribution in [2.45, 2.75) is 46.5 Å². The third-order valence-electron chi connectivity index (χ3n) is 4.14. The largest absolute Gasteiger partial charge is 0.494 e. The summed E-state index contributed by atoms with van der Waals surface area (Å²) in [6.07, 6.45) is 5.57. The van der Waals surface area contributed by atoms with Crippen LogP contribution in [0.1, 0.15) is 45.1 Å². The normalized spacial score (nSPS) is 23.1. The minimum absolute atomic E-state index is 0.728. The van der Waals surface area contributed by atoms with Gasteiger partial charge in [0, 0.05) is 12.2 Å². The zero-order valence-electron chi connectivity index (χ0n) is 12.5. The van der Waals surface area contributed by atoms with Gasteiger partial charge in [-0.1, -0.05) is 19.8 Å². The molecule has 106 valence electrons. The lowest BCUT2D eigenvalue weighted by molar-refractivity contribution is 0.293. The highest BCUT2D eigenvalue weighted by atomic mass is 16.5. The molecule has 0 saturated heterocycles. The first kappa shape index (κ1) is 14.2. The molecule has 19 heavy (non-hydrogen) atoms.